The maximum Gasteiger partial charge on any atom is 0.278 e. The van der Waals surface area contributed by atoms with Crippen molar-refractivity contribution in [3.63, 3.8) is 0 Å². The number of piperazine rings is 1. The third-order valence-corrected chi connectivity index (χ3v) is 7.10. The molecule has 166 valence electrons. The third-order valence-electron chi connectivity index (χ3n) is 5.19. The molecule has 2 aromatic heterocycles. The number of hydrogen-bond donors (Lipinski definition) is 2. The van der Waals surface area contributed by atoms with Gasteiger partial charge in [0.25, 0.3) is 5.91 Å². The highest BCUT2D eigenvalue weighted by Crippen LogP contribution is 2.23. The minimum absolute atomic E-state index is 0.00981. The standard InChI is InChI=1S/C21H23N7O3S/c1-27-9-11-28(12-10-27)32(30,31)17-6-4-15(5-7-17)18-14-24-20(22)19(26-18)21(29)25-16-3-2-8-23-13-16/h2-8,13-14H,9-12H2,1H3,(H2,22,24)(H,25,29)/i1-1. The van der Waals surface area contributed by atoms with Crippen LogP contribution in [0.25, 0.3) is 11.3 Å². The van der Waals surface area contributed by atoms with Crippen LogP contribution in [-0.4, -0.2) is 71.7 Å². The van der Waals surface area contributed by atoms with Crippen molar-refractivity contribution in [3.8, 4) is 11.3 Å². The monoisotopic (exact) mass is 452 g/mol. The predicted octanol–water partition coefficient (Wildman–Crippen LogP) is 1.31. The maximum atomic E-state index is 12.9. The number of anilines is 2. The summed E-state index contributed by atoms with van der Waals surface area (Å²) >= 11 is 0. The Bertz CT molecular complexity index is 1210. The van der Waals surface area contributed by atoms with Crippen LogP contribution in [0, 0.1) is 0 Å². The Kier molecular flexibility index (Phi) is 6.12. The van der Waals surface area contributed by atoms with Crippen molar-refractivity contribution in [2.24, 2.45) is 0 Å². The van der Waals surface area contributed by atoms with Crippen molar-refractivity contribution in [3.05, 3.63) is 60.7 Å². The smallest absolute Gasteiger partial charge is 0.278 e. The molecule has 3 heterocycles. The molecule has 1 saturated heterocycles. The Morgan fingerprint density at radius 3 is 2.44 bits per heavy atom. The summed E-state index contributed by atoms with van der Waals surface area (Å²) in [5.74, 6) is -0.525. The van der Waals surface area contributed by atoms with E-state index in [0.717, 1.165) is 0 Å². The number of carbonyl (C=O) groups is 1. The van der Waals surface area contributed by atoms with E-state index >= 15 is 0 Å². The van der Waals surface area contributed by atoms with E-state index in [1.165, 1.54) is 28.8 Å². The van der Waals surface area contributed by atoms with Gasteiger partial charge in [-0.25, -0.2) is 18.4 Å². The van der Waals surface area contributed by atoms with Gasteiger partial charge in [-0.3, -0.25) is 9.78 Å². The summed E-state index contributed by atoms with van der Waals surface area (Å²) in [6.07, 6.45) is 4.54. The number of nitrogen functional groups attached to an aromatic ring is 1. The number of nitrogens with zero attached hydrogens (tertiary/aromatic N) is 5. The fourth-order valence-electron chi connectivity index (χ4n) is 3.31. The first-order valence-electron chi connectivity index (χ1n) is 9.97. The summed E-state index contributed by atoms with van der Waals surface area (Å²) in [6.45, 7) is 2.31. The highest BCUT2D eigenvalue weighted by molar-refractivity contribution is 7.89. The molecule has 3 N–H and O–H groups in total. The first-order chi connectivity index (χ1) is 15.3. The van der Waals surface area contributed by atoms with Crippen molar-refractivity contribution < 1.29 is 13.2 Å². The van der Waals surface area contributed by atoms with Crippen LogP contribution >= 0.6 is 0 Å². The lowest BCUT2D eigenvalue weighted by molar-refractivity contribution is 0.102. The molecule has 0 spiro atoms. The number of rotatable bonds is 5. The van der Waals surface area contributed by atoms with Crippen molar-refractivity contribution in [2.45, 2.75) is 4.90 Å². The molecule has 32 heavy (non-hydrogen) atoms. The molecule has 1 aromatic carbocycles. The largest absolute Gasteiger partial charge is 0.382 e. The summed E-state index contributed by atoms with van der Waals surface area (Å²) in [7, 11) is -1.60. The number of carbonyl (C=O) groups excluding carboxylic acids is 1. The number of likely N-dealkylation sites (N-methyl/N-ethyl adjacent to an activating group) is 1. The van der Waals surface area contributed by atoms with Gasteiger partial charge in [0.15, 0.2) is 11.5 Å². The second-order valence-corrected chi connectivity index (χ2v) is 9.35. The summed E-state index contributed by atoms with van der Waals surface area (Å²) < 4.78 is 27.3. The van der Waals surface area contributed by atoms with E-state index in [2.05, 4.69) is 25.2 Å². The van der Waals surface area contributed by atoms with Crippen LogP contribution < -0.4 is 11.1 Å². The van der Waals surface area contributed by atoms with Crippen LogP contribution in [0.15, 0.2) is 59.9 Å². The third kappa shape index (κ3) is 4.59. The average Bonchev–Trinajstić information content (AvgIpc) is 2.80. The van der Waals surface area contributed by atoms with Gasteiger partial charge in [-0.2, -0.15) is 4.31 Å². The Morgan fingerprint density at radius 2 is 1.78 bits per heavy atom. The summed E-state index contributed by atoms with van der Waals surface area (Å²) in [5.41, 5.74) is 7.35. The molecular formula is C21H23N7O3S. The highest BCUT2D eigenvalue weighted by Gasteiger charge is 2.27. The van der Waals surface area contributed by atoms with E-state index in [0.29, 0.717) is 43.1 Å². The Hall–Kier alpha value is -3.41. The predicted molar refractivity (Wildman–Crippen MR) is 120 cm³/mol. The zero-order chi connectivity index (χ0) is 22.7. The number of amides is 1. The topological polar surface area (TPSA) is 134 Å². The molecule has 0 aliphatic carbocycles. The maximum absolute atomic E-state index is 12.9. The van der Waals surface area contributed by atoms with Gasteiger partial charge in [0.1, 0.15) is 0 Å². The average molecular weight is 453 g/mol. The van der Waals surface area contributed by atoms with E-state index in [1.807, 2.05) is 7.05 Å². The second kappa shape index (κ2) is 8.99. The summed E-state index contributed by atoms with van der Waals surface area (Å²) in [5, 5.41) is 2.67. The van der Waals surface area contributed by atoms with Gasteiger partial charge in [0.2, 0.25) is 10.0 Å². The molecule has 1 fully saturated rings. The molecule has 0 saturated carbocycles. The van der Waals surface area contributed by atoms with Crippen molar-refractivity contribution in [2.75, 3.05) is 44.3 Å². The Morgan fingerprint density at radius 1 is 1.06 bits per heavy atom. The first-order valence-corrected chi connectivity index (χ1v) is 11.4. The van der Waals surface area contributed by atoms with Crippen LogP contribution in [0.5, 0.6) is 0 Å². The van der Waals surface area contributed by atoms with E-state index in [-0.39, 0.29) is 16.4 Å². The van der Waals surface area contributed by atoms with E-state index in [4.69, 9.17) is 5.73 Å². The molecule has 4 rings (SSSR count). The van der Waals surface area contributed by atoms with E-state index in [9.17, 15) is 13.2 Å². The van der Waals surface area contributed by atoms with Gasteiger partial charge in [0, 0.05) is 37.9 Å². The normalized spacial score (nSPS) is 15.4. The van der Waals surface area contributed by atoms with Crippen molar-refractivity contribution >= 4 is 27.4 Å². The molecule has 0 radical (unpaired) electrons. The van der Waals surface area contributed by atoms with Crippen molar-refractivity contribution in [1.29, 1.82) is 0 Å². The molecular weight excluding hydrogens is 429 g/mol. The number of benzene rings is 1. The SMILES string of the molecule is [11CH3]N1CCN(S(=O)(=O)c2ccc(-c3cnc(N)c(C(=O)Nc4cccnc4)n3)cc2)CC1. The molecule has 0 bridgehead atoms. The lowest BCUT2D eigenvalue weighted by Gasteiger charge is -2.31. The lowest BCUT2D eigenvalue weighted by atomic mass is 10.1. The van der Waals surface area contributed by atoms with Gasteiger partial charge < -0.3 is 16.0 Å². The number of nitrogens with one attached hydrogen (secondary N) is 1. The number of sulfonamides is 1. The van der Waals surface area contributed by atoms with Gasteiger partial charge in [-0.1, -0.05) is 12.1 Å². The molecule has 10 nitrogen and oxygen atoms in total. The zero-order valence-electron chi connectivity index (χ0n) is 17.5. The molecule has 11 heteroatoms. The van der Waals surface area contributed by atoms with Crippen LogP contribution in [-0.2, 0) is 10.0 Å². The second-order valence-electron chi connectivity index (χ2n) is 7.42. The molecule has 0 atom stereocenters. The van der Waals surface area contributed by atoms with Gasteiger partial charge in [0.05, 0.1) is 28.7 Å². The Balaban J connectivity index is 1.55. The minimum Gasteiger partial charge on any atom is -0.382 e. The van der Waals surface area contributed by atoms with Crippen LogP contribution in [0.4, 0.5) is 11.5 Å². The quantitative estimate of drug-likeness (QED) is 0.592. The summed E-state index contributed by atoms with van der Waals surface area (Å²) in [6, 6.07) is 9.75. The van der Waals surface area contributed by atoms with Crippen LogP contribution in [0.1, 0.15) is 10.5 Å². The summed E-state index contributed by atoms with van der Waals surface area (Å²) in [4.78, 5) is 27.3. The fourth-order valence-corrected chi connectivity index (χ4v) is 4.73. The number of nitrogens with two attached hydrogens (primary N) is 1. The number of hydrogen-bond acceptors (Lipinski definition) is 8. The van der Waals surface area contributed by atoms with Gasteiger partial charge in [-0.05, 0) is 31.3 Å². The van der Waals surface area contributed by atoms with E-state index in [1.54, 1.807) is 30.5 Å². The first kappa shape index (κ1) is 21.8. The minimum atomic E-state index is -3.57. The molecule has 1 aliphatic rings. The van der Waals surface area contributed by atoms with Gasteiger partial charge in [-0.15, -0.1) is 0 Å². The van der Waals surface area contributed by atoms with Gasteiger partial charge >= 0.3 is 0 Å². The molecule has 1 aliphatic heterocycles. The zero-order valence-corrected chi connectivity index (χ0v) is 18.3. The lowest BCUT2D eigenvalue weighted by Crippen LogP contribution is -2.46. The van der Waals surface area contributed by atoms with Crippen molar-refractivity contribution in [1.82, 2.24) is 24.2 Å². The molecule has 0 unspecified atom stereocenters. The fraction of sp³-hybridized carbons (Fsp3) is 0.238. The molecule has 1 amide bonds. The Labute approximate surface area is 186 Å². The van der Waals surface area contributed by atoms with Crippen LogP contribution in [0.3, 0.4) is 0 Å². The van der Waals surface area contributed by atoms with E-state index < -0.39 is 15.9 Å². The number of pyridine rings is 1. The number of aromatic nitrogens is 3. The molecule has 3 aromatic rings. The van der Waals surface area contributed by atoms with Crippen LogP contribution in [0.2, 0.25) is 0 Å². The highest BCUT2D eigenvalue weighted by atomic mass is 32.2.